The summed E-state index contributed by atoms with van der Waals surface area (Å²) in [4.78, 5) is 24.8. The first-order chi connectivity index (χ1) is 15.0. The SMILES string of the molecule is CCOc1ccc(C(=O)Oc2ccc(Br)cc2/C=N/NC(=O)c2ccccc2Cl)cc1. The molecule has 0 aliphatic rings. The Hall–Kier alpha value is -3.16. The number of benzene rings is 3. The Labute approximate surface area is 193 Å². The molecule has 31 heavy (non-hydrogen) atoms. The Morgan fingerprint density at radius 3 is 2.55 bits per heavy atom. The van der Waals surface area contributed by atoms with E-state index in [9.17, 15) is 9.59 Å². The lowest BCUT2D eigenvalue weighted by molar-refractivity contribution is 0.0734. The smallest absolute Gasteiger partial charge is 0.343 e. The molecule has 0 aliphatic heterocycles. The number of hydrogen-bond donors (Lipinski definition) is 1. The van der Waals surface area contributed by atoms with Crippen LogP contribution in [0.3, 0.4) is 0 Å². The van der Waals surface area contributed by atoms with Crippen LogP contribution in [0.15, 0.2) is 76.3 Å². The topological polar surface area (TPSA) is 77.0 Å². The third-order valence-corrected chi connectivity index (χ3v) is 4.89. The van der Waals surface area contributed by atoms with Crippen LogP contribution in [-0.4, -0.2) is 24.7 Å². The van der Waals surface area contributed by atoms with Gasteiger partial charge < -0.3 is 9.47 Å². The summed E-state index contributed by atoms with van der Waals surface area (Å²) in [5, 5.41) is 4.28. The minimum absolute atomic E-state index is 0.290. The van der Waals surface area contributed by atoms with Crippen LogP contribution in [0.1, 0.15) is 33.2 Å². The fourth-order valence-electron chi connectivity index (χ4n) is 2.59. The van der Waals surface area contributed by atoms with Crippen LogP contribution in [0.25, 0.3) is 0 Å². The Morgan fingerprint density at radius 1 is 1.10 bits per heavy atom. The number of ether oxygens (including phenoxy) is 2. The van der Waals surface area contributed by atoms with Crippen molar-refractivity contribution in [1.29, 1.82) is 0 Å². The van der Waals surface area contributed by atoms with Gasteiger partial charge in [0.15, 0.2) is 0 Å². The minimum Gasteiger partial charge on any atom is -0.494 e. The molecule has 0 aliphatic carbocycles. The average molecular weight is 502 g/mol. The monoisotopic (exact) mass is 500 g/mol. The van der Waals surface area contributed by atoms with Crippen molar-refractivity contribution in [3.63, 3.8) is 0 Å². The first kappa shape index (κ1) is 22.5. The maximum Gasteiger partial charge on any atom is 0.343 e. The van der Waals surface area contributed by atoms with E-state index in [-0.39, 0.29) is 5.75 Å². The maximum absolute atomic E-state index is 12.5. The number of halogens is 2. The number of carbonyl (C=O) groups is 2. The van der Waals surface area contributed by atoms with Crippen molar-refractivity contribution in [2.45, 2.75) is 6.92 Å². The Kier molecular flexibility index (Phi) is 7.81. The number of hydrazone groups is 1. The molecule has 0 saturated carbocycles. The van der Waals surface area contributed by atoms with E-state index < -0.39 is 11.9 Å². The highest BCUT2D eigenvalue weighted by molar-refractivity contribution is 9.10. The Balaban J connectivity index is 1.72. The molecule has 1 N–H and O–H groups in total. The van der Waals surface area contributed by atoms with Gasteiger partial charge in [-0.3, -0.25) is 4.79 Å². The third kappa shape index (κ3) is 6.16. The van der Waals surface area contributed by atoms with E-state index in [4.69, 9.17) is 21.1 Å². The molecular formula is C23H18BrClN2O4. The van der Waals surface area contributed by atoms with Gasteiger partial charge >= 0.3 is 5.97 Å². The molecular weight excluding hydrogens is 484 g/mol. The molecule has 0 bridgehead atoms. The van der Waals surface area contributed by atoms with Crippen LogP contribution in [0.4, 0.5) is 0 Å². The predicted octanol–water partition coefficient (Wildman–Crippen LogP) is 5.48. The quantitative estimate of drug-likeness (QED) is 0.201. The summed E-state index contributed by atoms with van der Waals surface area (Å²) >= 11 is 9.40. The summed E-state index contributed by atoms with van der Waals surface area (Å²) in [5.74, 6) is -0.0208. The number of rotatable bonds is 7. The Bertz CT molecular complexity index is 1120. The summed E-state index contributed by atoms with van der Waals surface area (Å²) in [5.41, 5.74) is 3.59. The largest absolute Gasteiger partial charge is 0.494 e. The van der Waals surface area contributed by atoms with Gasteiger partial charge in [0.25, 0.3) is 5.91 Å². The number of nitrogens with zero attached hydrogens (tertiary/aromatic N) is 1. The zero-order chi connectivity index (χ0) is 22.2. The van der Waals surface area contributed by atoms with Crippen molar-refractivity contribution in [2.24, 2.45) is 5.10 Å². The van der Waals surface area contributed by atoms with Gasteiger partial charge in [-0.05, 0) is 61.5 Å². The molecule has 8 heteroatoms. The van der Waals surface area contributed by atoms with Gasteiger partial charge in [0.1, 0.15) is 11.5 Å². The standard InChI is InChI=1S/C23H18BrClN2O4/c1-2-30-18-10-7-15(8-11-18)23(29)31-21-12-9-17(24)13-16(21)14-26-27-22(28)19-5-3-4-6-20(19)25/h3-14H,2H2,1H3,(H,27,28)/b26-14+. The number of nitrogens with one attached hydrogen (secondary N) is 1. The number of carbonyl (C=O) groups excluding carboxylic acids is 2. The first-order valence-corrected chi connectivity index (χ1v) is 10.5. The second-order valence-electron chi connectivity index (χ2n) is 6.21. The summed E-state index contributed by atoms with van der Waals surface area (Å²) in [6, 6.07) is 18.4. The van der Waals surface area contributed by atoms with E-state index in [2.05, 4.69) is 26.5 Å². The fourth-order valence-corrected chi connectivity index (χ4v) is 3.19. The molecule has 6 nitrogen and oxygen atoms in total. The van der Waals surface area contributed by atoms with E-state index in [0.717, 1.165) is 4.47 Å². The van der Waals surface area contributed by atoms with Gasteiger partial charge in [-0.2, -0.15) is 5.10 Å². The van der Waals surface area contributed by atoms with Gasteiger partial charge in [-0.15, -0.1) is 0 Å². The van der Waals surface area contributed by atoms with Crippen LogP contribution in [-0.2, 0) is 0 Å². The van der Waals surface area contributed by atoms with Gasteiger partial charge in [0, 0.05) is 10.0 Å². The lowest BCUT2D eigenvalue weighted by Crippen LogP contribution is -2.18. The molecule has 0 aromatic heterocycles. The molecule has 0 unspecified atom stereocenters. The zero-order valence-electron chi connectivity index (χ0n) is 16.5. The second kappa shape index (κ2) is 10.7. The molecule has 1 amide bonds. The molecule has 0 heterocycles. The van der Waals surface area contributed by atoms with Gasteiger partial charge in [-0.25, -0.2) is 10.2 Å². The van der Waals surface area contributed by atoms with Gasteiger partial charge in [-0.1, -0.05) is 39.7 Å². The molecule has 0 spiro atoms. The van der Waals surface area contributed by atoms with Crippen molar-refractivity contribution in [1.82, 2.24) is 5.43 Å². The normalized spacial score (nSPS) is 10.7. The van der Waals surface area contributed by atoms with Crippen molar-refractivity contribution >= 4 is 45.6 Å². The lowest BCUT2D eigenvalue weighted by atomic mass is 10.2. The zero-order valence-corrected chi connectivity index (χ0v) is 18.8. The molecule has 158 valence electrons. The lowest BCUT2D eigenvalue weighted by Gasteiger charge is -2.09. The van der Waals surface area contributed by atoms with E-state index in [0.29, 0.717) is 34.1 Å². The molecule has 0 saturated heterocycles. The third-order valence-electron chi connectivity index (χ3n) is 4.06. The summed E-state index contributed by atoms with van der Waals surface area (Å²) in [7, 11) is 0. The molecule has 3 aromatic rings. The molecule has 3 rings (SSSR count). The summed E-state index contributed by atoms with van der Waals surface area (Å²) in [6.07, 6.45) is 1.39. The first-order valence-electron chi connectivity index (χ1n) is 9.30. The number of amides is 1. The van der Waals surface area contributed by atoms with E-state index in [1.807, 2.05) is 6.92 Å². The highest BCUT2D eigenvalue weighted by Gasteiger charge is 2.12. The van der Waals surface area contributed by atoms with Crippen molar-refractivity contribution in [3.8, 4) is 11.5 Å². The van der Waals surface area contributed by atoms with Crippen LogP contribution in [0, 0.1) is 0 Å². The van der Waals surface area contributed by atoms with Crippen LogP contribution in [0.5, 0.6) is 11.5 Å². The maximum atomic E-state index is 12.5. The molecule has 0 atom stereocenters. The van der Waals surface area contributed by atoms with Crippen molar-refractivity contribution in [3.05, 3.63) is 92.9 Å². The van der Waals surface area contributed by atoms with Crippen LogP contribution >= 0.6 is 27.5 Å². The summed E-state index contributed by atoms with van der Waals surface area (Å²) < 4.78 is 11.7. The second-order valence-corrected chi connectivity index (χ2v) is 7.53. The molecule has 3 aromatic carbocycles. The van der Waals surface area contributed by atoms with Crippen molar-refractivity contribution < 1.29 is 19.1 Å². The van der Waals surface area contributed by atoms with E-state index in [1.54, 1.807) is 66.7 Å². The van der Waals surface area contributed by atoms with Crippen LogP contribution in [0.2, 0.25) is 5.02 Å². The average Bonchev–Trinajstić information content (AvgIpc) is 2.76. The number of hydrogen-bond acceptors (Lipinski definition) is 5. The van der Waals surface area contributed by atoms with Gasteiger partial charge in [0.05, 0.1) is 29.0 Å². The highest BCUT2D eigenvalue weighted by Crippen LogP contribution is 2.23. The van der Waals surface area contributed by atoms with Crippen molar-refractivity contribution in [2.75, 3.05) is 6.61 Å². The van der Waals surface area contributed by atoms with Gasteiger partial charge in [0.2, 0.25) is 0 Å². The predicted molar refractivity (Wildman–Crippen MR) is 123 cm³/mol. The Morgan fingerprint density at radius 2 is 1.84 bits per heavy atom. The molecule has 0 fully saturated rings. The highest BCUT2D eigenvalue weighted by atomic mass is 79.9. The van der Waals surface area contributed by atoms with Crippen LogP contribution < -0.4 is 14.9 Å². The fraction of sp³-hybridized carbons (Fsp3) is 0.0870. The summed E-state index contributed by atoms with van der Waals surface area (Å²) in [6.45, 7) is 2.42. The number of esters is 1. The minimum atomic E-state index is -0.528. The van der Waals surface area contributed by atoms with E-state index in [1.165, 1.54) is 6.21 Å². The van der Waals surface area contributed by atoms with E-state index >= 15 is 0 Å². The molecule has 0 radical (unpaired) electrons.